The first kappa shape index (κ1) is 17.7. The van der Waals surface area contributed by atoms with E-state index in [9.17, 15) is 0 Å². The van der Waals surface area contributed by atoms with E-state index in [1.54, 1.807) is 6.21 Å². The summed E-state index contributed by atoms with van der Waals surface area (Å²) in [4.78, 5) is 4.20. The molecule has 1 heterocycles. The van der Waals surface area contributed by atoms with Gasteiger partial charge in [-0.25, -0.2) is 5.43 Å². The van der Waals surface area contributed by atoms with Gasteiger partial charge in [0.1, 0.15) is 6.07 Å². The van der Waals surface area contributed by atoms with E-state index in [1.807, 2.05) is 39.0 Å². The molecule has 0 amide bonds. The summed E-state index contributed by atoms with van der Waals surface area (Å²) in [5.41, 5.74) is 5.06. The van der Waals surface area contributed by atoms with E-state index in [0.29, 0.717) is 5.89 Å². The van der Waals surface area contributed by atoms with Crippen molar-refractivity contribution in [1.29, 1.82) is 5.26 Å². The summed E-state index contributed by atoms with van der Waals surface area (Å²) in [5.74, 6) is 0.774. The zero-order valence-electron chi connectivity index (χ0n) is 15.1. The standard InChI is InChI=1S/C19H24N4O/c1-18(2,3)14-9-7-13(8-10-14)12-21-23-16-15(11-20)22-17(24-16)19(4,5)6/h7-10,12,23H,1-6H3. The molecule has 0 radical (unpaired) electrons. The van der Waals surface area contributed by atoms with Gasteiger partial charge in [-0.2, -0.15) is 15.3 Å². The van der Waals surface area contributed by atoms with Crippen LogP contribution in [-0.2, 0) is 10.8 Å². The molecule has 0 fully saturated rings. The number of anilines is 1. The fourth-order valence-electron chi connectivity index (χ4n) is 2.03. The molecule has 5 nitrogen and oxygen atoms in total. The zero-order valence-corrected chi connectivity index (χ0v) is 15.1. The van der Waals surface area contributed by atoms with E-state index in [-0.39, 0.29) is 22.4 Å². The fraction of sp³-hybridized carbons (Fsp3) is 0.421. The summed E-state index contributed by atoms with van der Waals surface area (Å²) in [6.07, 6.45) is 1.69. The number of aromatic nitrogens is 1. The Morgan fingerprint density at radius 3 is 2.21 bits per heavy atom. The van der Waals surface area contributed by atoms with Gasteiger partial charge in [0.05, 0.1) is 6.21 Å². The van der Waals surface area contributed by atoms with Gasteiger partial charge in [-0.05, 0) is 16.5 Å². The number of hydrogen-bond donors (Lipinski definition) is 1. The van der Waals surface area contributed by atoms with Gasteiger partial charge in [0, 0.05) is 5.41 Å². The molecule has 1 N–H and O–H groups in total. The predicted molar refractivity (Wildman–Crippen MR) is 96.3 cm³/mol. The summed E-state index contributed by atoms with van der Waals surface area (Å²) in [6.45, 7) is 12.5. The summed E-state index contributed by atoms with van der Waals surface area (Å²) < 4.78 is 5.61. The van der Waals surface area contributed by atoms with E-state index in [0.717, 1.165) is 5.56 Å². The molecule has 0 aliphatic carbocycles. The monoisotopic (exact) mass is 324 g/mol. The number of nitriles is 1. The number of hydrazone groups is 1. The quantitative estimate of drug-likeness (QED) is 0.662. The van der Waals surface area contributed by atoms with Crippen molar-refractivity contribution in [1.82, 2.24) is 4.98 Å². The lowest BCUT2D eigenvalue weighted by Gasteiger charge is -2.18. The number of nitrogens with zero attached hydrogens (tertiary/aromatic N) is 3. The van der Waals surface area contributed by atoms with Crippen LogP contribution in [0.5, 0.6) is 0 Å². The number of rotatable bonds is 3. The van der Waals surface area contributed by atoms with Crippen molar-refractivity contribution in [2.24, 2.45) is 5.10 Å². The van der Waals surface area contributed by atoms with Gasteiger partial charge in [0.15, 0.2) is 0 Å². The molecule has 2 rings (SSSR count). The second-order valence-corrected chi connectivity index (χ2v) is 7.80. The zero-order chi connectivity index (χ0) is 18.0. The summed E-state index contributed by atoms with van der Waals surface area (Å²) in [6, 6.07) is 10.2. The summed E-state index contributed by atoms with van der Waals surface area (Å²) in [5, 5.41) is 13.3. The van der Waals surface area contributed by atoms with E-state index in [1.165, 1.54) is 5.56 Å². The highest BCUT2D eigenvalue weighted by Crippen LogP contribution is 2.26. The van der Waals surface area contributed by atoms with Crippen LogP contribution >= 0.6 is 0 Å². The van der Waals surface area contributed by atoms with Crippen LogP contribution in [0.2, 0.25) is 0 Å². The normalized spacial score (nSPS) is 12.4. The van der Waals surface area contributed by atoms with Crippen molar-refractivity contribution in [2.45, 2.75) is 52.4 Å². The van der Waals surface area contributed by atoms with Gasteiger partial charge in [0.2, 0.25) is 11.6 Å². The molecule has 0 bridgehead atoms. The van der Waals surface area contributed by atoms with Crippen LogP contribution in [0, 0.1) is 11.3 Å². The largest absolute Gasteiger partial charge is 0.421 e. The van der Waals surface area contributed by atoms with Gasteiger partial charge < -0.3 is 4.42 Å². The first-order valence-corrected chi connectivity index (χ1v) is 7.92. The molecule has 24 heavy (non-hydrogen) atoms. The molecule has 0 atom stereocenters. The summed E-state index contributed by atoms with van der Waals surface area (Å²) >= 11 is 0. The van der Waals surface area contributed by atoms with Crippen molar-refractivity contribution < 1.29 is 4.42 Å². The molecule has 0 aliphatic rings. The molecule has 126 valence electrons. The van der Waals surface area contributed by atoms with E-state index in [2.05, 4.69) is 48.4 Å². The smallest absolute Gasteiger partial charge is 0.252 e. The Bertz CT molecular complexity index is 766. The minimum Gasteiger partial charge on any atom is -0.421 e. The molecule has 0 unspecified atom stereocenters. The van der Waals surface area contributed by atoms with Gasteiger partial charge in [-0.15, -0.1) is 0 Å². The maximum absolute atomic E-state index is 9.16. The van der Waals surface area contributed by atoms with Crippen LogP contribution in [0.25, 0.3) is 0 Å². The third-order valence-electron chi connectivity index (χ3n) is 3.53. The van der Waals surface area contributed by atoms with Gasteiger partial charge >= 0.3 is 0 Å². The first-order chi connectivity index (χ1) is 11.1. The average Bonchev–Trinajstić information content (AvgIpc) is 2.90. The van der Waals surface area contributed by atoms with Gasteiger partial charge in [0.25, 0.3) is 5.88 Å². The average molecular weight is 324 g/mol. The molecule has 1 aromatic carbocycles. The van der Waals surface area contributed by atoms with E-state index >= 15 is 0 Å². The minimum absolute atomic E-state index is 0.124. The van der Waals surface area contributed by atoms with E-state index < -0.39 is 0 Å². The lowest BCUT2D eigenvalue weighted by atomic mass is 9.87. The van der Waals surface area contributed by atoms with Crippen molar-refractivity contribution >= 4 is 12.1 Å². The Kier molecular flexibility index (Phi) is 4.79. The molecule has 0 spiro atoms. The Morgan fingerprint density at radius 2 is 1.71 bits per heavy atom. The van der Waals surface area contributed by atoms with Crippen molar-refractivity contribution in [3.63, 3.8) is 0 Å². The highest BCUT2D eigenvalue weighted by Gasteiger charge is 2.23. The topological polar surface area (TPSA) is 74.2 Å². The Balaban J connectivity index is 2.12. The van der Waals surface area contributed by atoms with Crippen LogP contribution in [-0.4, -0.2) is 11.2 Å². The fourth-order valence-corrected chi connectivity index (χ4v) is 2.03. The van der Waals surface area contributed by atoms with Crippen molar-refractivity contribution in [2.75, 3.05) is 5.43 Å². The third-order valence-corrected chi connectivity index (χ3v) is 3.53. The predicted octanol–water partition coefficient (Wildman–Crippen LogP) is 4.59. The molecular formula is C19H24N4O. The number of oxazole rings is 1. The minimum atomic E-state index is -0.266. The van der Waals surface area contributed by atoms with Crippen LogP contribution in [0.15, 0.2) is 33.8 Å². The van der Waals surface area contributed by atoms with E-state index in [4.69, 9.17) is 9.68 Å². The maximum atomic E-state index is 9.16. The van der Waals surface area contributed by atoms with Crippen LogP contribution in [0.1, 0.15) is 64.3 Å². The molecule has 2 aromatic rings. The third kappa shape index (κ3) is 4.23. The SMILES string of the molecule is CC(C)(C)c1ccc(C=NNc2oc(C(C)(C)C)nc2C#N)cc1. The lowest BCUT2D eigenvalue weighted by Crippen LogP contribution is -2.11. The highest BCUT2D eigenvalue weighted by molar-refractivity contribution is 5.80. The Labute approximate surface area is 143 Å². The first-order valence-electron chi connectivity index (χ1n) is 7.92. The van der Waals surface area contributed by atoms with Crippen LogP contribution < -0.4 is 5.43 Å². The number of hydrogen-bond acceptors (Lipinski definition) is 5. The lowest BCUT2D eigenvalue weighted by molar-refractivity contribution is 0.399. The second-order valence-electron chi connectivity index (χ2n) is 7.80. The van der Waals surface area contributed by atoms with Crippen LogP contribution in [0.4, 0.5) is 5.88 Å². The number of nitrogens with one attached hydrogen (secondary N) is 1. The van der Waals surface area contributed by atoms with Crippen LogP contribution in [0.3, 0.4) is 0 Å². The summed E-state index contributed by atoms with van der Waals surface area (Å²) in [7, 11) is 0. The molecular weight excluding hydrogens is 300 g/mol. The molecule has 0 saturated carbocycles. The number of benzene rings is 1. The molecule has 0 aliphatic heterocycles. The van der Waals surface area contributed by atoms with Crippen molar-refractivity contribution in [3.05, 3.63) is 47.0 Å². The highest BCUT2D eigenvalue weighted by atomic mass is 16.4. The van der Waals surface area contributed by atoms with Gasteiger partial charge in [-0.1, -0.05) is 65.8 Å². The van der Waals surface area contributed by atoms with Gasteiger partial charge in [-0.3, -0.25) is 0 Å². The molecule has 1 aromatic heterocycles. The second kappa shape index (κ2) is 6.48. The van der Waals surface area contributed by atoms with Crippen molar-refractivity contribution in [3.8, 4) is 6.07 Å². The Hall–Kier alpha value is -2.61. The molecule has 5 heteroatoms. The molecule has 0 saturated heterocycles. The maximum Gasteiger partial charge on any atom is 0.252 e. The Morgan fingerprint density at radius 1 is 1.08 bits per heavy atom.